The molecular weight excluding hydrogens is 342 g/mol. The summed E-state index contributed by atoms with van der Waals surface area (Å²) in [5.74, 6) is 1.31. The first-order valence-corrected chi connectivity index (χ1v) is 8.83. The SMILES string of the molecule is COc1ccc2c(c1)N(C(=O)c1ccc(-n3cc(C)cn3)cc1)C[C@@H](C)O2. The fraction of sp³-hybridized carbons (Fsp3) is 0.238. The van der Waals surface area contributed by atoms with Crippen LogP contribution in [0.25, 0.3) is 5.69 Å². The van der Waals surface area contributed by atoms with E-state index in [9.17, 15) is 4.79 Å². The van der Waals surface area contributed by atoms with Crippen LogP contribution in [0.15, 0.2) is 54.9 Å². The molecule has 2 aromatic carbocycles. The highest BCUT2D eigenvalue weighted by Gasteiger charge is 2.28. The number of aromatic nitrogens is 2. The minimum absolute atomic E-state index is 0.0668. The molecule has 0 spiro atoms. The van der Waals surface area contributed by atoms with Crippen LogP contribution in [-0.4, -0.2) is 35.4 Å². The zero-order valence-corrected chi connectivity index (χ0v) is 15.5. The Bertz CT molecular complexity index is 979. The van der Waals surface area contributed by atoms with Crippen molar-refractivity contribution >= 4 is 11.6 Å². The molecule has 0 unspecified atom stereocenters. The van der Waals surface area contributed by atoms with Crippen molar-refractivity contribution in [3.8, 4) is 17.2 Å². The van der Waals surface area contributed by atoms with Crippen molar-refractivity contribution in [2.24, 2.45) is 0 Å². The highest BCUT2D eigenvalue weighted by molar-refractivity contribution is 6.07. The van der Waals surface area contributed by atoms with Crippen LogP contribution in [0.4, 0.5) is 5.69 Å². The van der Waals surface area contributed by atoms with Gasteiger partial charge < -0.3 is 14.4 Å². The molecule has 1 aliphatic heterocycles. The fourth-order valence-electron chi connectivity index (χ4n) is 3.20. The van der Waals surface area contributed by atoms with Crippen LogP contribution in [0.1, 0.15) is 22.8 Å². The van der Waals surface area contributed by atoms with Crippen LogP contribution in [0.3, 0.4) is 0 Å². The maximum Gasteiger partial charge on any atom is 0.258 e. The Kier molecular flexibility index (Phi) is 4.32. The second-order valence-electron chi connectivity index (χ2n) is 6.69. The summed E-state index contributed by atoms with van der Waals surface area (Å²) in [6, 6.07) is 13.0. The number of methoxy groups -OCH3 is 1. The summed E-state index contributed by atoms with van der Waals surface area (Å²) in [5.41, 5.74) is 3.34. The predicted molar refractivity (Wildman–Crippen MR) is 103 cm³/mol. The minimum Gasteiger partial charge on any atom is -0.497 e. The number of ether oxygens (including phenoxy) is 2. The van der Waals surface area contributed by atoms with Crippen molar-refractivity contribution in [3.63, 3.8) is 0 Å². The van der Waals surface area contributed by atoms with E-state index in [0.717, 1.165) is 16.9 Å². The molecular formula is C21H21N3O3. The highest BCUT2D eigenvalue weighted by Crippen LogP contribution is 2.37. The van der Waals surface area contributed by atoms with Gasteiger partial charge >= 0.3 is 0 Å². The van der Waals surface area contributed by atoms with Crippen LogP contribution >= 0.6 is 0 Å². The third kappa shape index (κ3) is 3.26. The average Bonchev–Trinajstić information content (AvgIpc) is 3.13. The number of hydrogen-bond acceptors (Lipinski definition) is 4. The van der Waals surface area contributed by atoms with Gasteiger partial charge in [-0.25, -0.2) is 4.68 Å². The number of fused-ring (bicyclic) bond motifs is 1. The zero-order valence-electron chi connectivity index (χ0n) is 15.5. The maximum atomic E-state index is 13.2. The van der Waals surface area contributed by atoms with Gasteiger partial charge in [0.25, 0.3) is 5.91 Å². The summed E-state index contributed by atoms with van der Waals surface area (Å²) in [5, 5.41) is 4.30. The molecule has 138 valence electrons. The van der Waals surface area contributed by atoms with Crippen LogP contribution in [0.5, 0.6) is 11.5 Å². The van der Waals surface area contributed by atoms with Gasteiger partial charge in [0.05, 0.1) is 31.2 Å². The number of nitrogens with zero attached hydrogens (tertiary/aromatic N) is 3. The smallest absolute Gasteiger partial charge is 0.258 e. The molecule has 0 saturated heterocycles. The largest absolute Gasteiger partial charge is 0.497 e. The molecule has 6 nitrogen and oxygen atoms in total. The molecule has 2 heterocycles. The highest BCUT2D eigenvalue weighted by atomic mass is 16.5. The second kappa shape index (κ2) is 6.79. The molecule has 0 radical (unpaired) electrons. The lowest BCUT2D eigenvalue weighted by atomic mass is 10.1. The normalized spacial score (nSPS) is 15.8. The van der Waals surface area contributed by atoms with Gasteiger partial charge in [-0.3, -0.25) is 4.79 Å². The van der Waals surface area contributed by atoms with Gasteiger partial charge in [-0.05, 0) is 55.8 Å². The standard InChI is InChI=1S/C21H21N3O3/c1-14-11-22-24(12-14)17-6-4-16(5-7-17)21(25)23-13-15(2)27-20-9-8-18(26-3)10-19(20)23/h4-12,15H,13H2,1-3H3/t15-/m1/s1. The van der Waals surface area contributed by atoms with Crippen LogP contribution < -0.4 is 14.4 Å². The van der Waals surface area contributed by atoms with Crippen LogP contribution in [0, 0.1) is 6.92 Å². The molecule has 1 atom stereocenters. The van der Waals surface area contributed by atoms with E-state index in [4.69, 9.17) is 9.47 Å². The number of rotatable bonds is 3. The summed E-state index contributed by atoms with van der Waals surface area (Å²) < 4.78 is 13.0. The zero-order chi connectivity index (χ0) is 19.0. The number of benzene rings is 2. The molecule has 1 aliphatic rings. The quantitative estimate of drug-likeness (QED) is 0.713. The van der Waals surface area contributed by atoms with E-state index in [-0.39, 0.29) is 12.0 Å². The lowest BCUT2D eigenvalue weighted by molar-refractivity contribution is 0.0961. The number of carbonyl (C=O) groups is 1. The first-order chi connectivity index (χ1) is 13.0. The fourth-order valence-corrected chi connectivity index (χ4v) is 3.20. The van der Waals surface area contributed by atoms with Crippen molar-refractivity contribution in [3.05, 3.63) is 66.0 Å². The summed E-state index contributed by atoms with van der Waals surface area (Å²) in [7, 11) is 1.61. The van der Waals surface area contributed by atoms with E-state index in [1.165, 1.54) is 0 Å². The third-order valence-corrected chi connectivity index (χ3v) is 4.56. The van der Waals surface area contributed by atoms with Crippen molar-refractivity contribution < 1.29 is 14.3 Å². The van der Waals surface area contributed by atoms with Crippen molar-refractivity contribution in [2.75, 3.05) is 18.6 Å². The molecule has 4 rings (SSSR count). The van der Waals surface area contributed by atoms with Gasteiger partial charge in [-0.1, -0.05) is 0 Å². The van der Waals surface area contributed by atoms with E-state index in [1.54, 1.807) is 22.9 Å². The third-order valence-electron chi connectivity index (χ3n) is 4.56. The van der Waals surface area contributed by atoms with Gasteiger partial charge in [0.15, 0.2) is 0 Å². The first kappa shape index (κ1) is 17.1. The second-order valence-corrected chi connectivity index (χ2v) is 6.69. The van der Waals surface area contributed by atoms with Crippen molar-refractivity contribution in [1.82, 2.24) is 9.78 Å². The van der Waals surface area contributed by atoms with E-state index in [1.807, 2.05) is 62.5 Å². The van der Waals surface area contributed by atoms with E-state index >= 15 is 0 Å². The van der Waals surface area contributed by atoms with E-state index in [0.29, 0.717) is 23.6 Å². The molecule has 6 heteroatoms. The molecule has 1 aromatic heterocycles. The Labute approximate surface area is 157 Å². The van der Waals surface area contributed by atoms with E-state index in [2.05, 4.69) is 5.10 Å². The molecule has 1 amide bonds. The van der Waals surface area contributed by atoms with Crippen LogP contribution in [0.2, 0.25) is 0 Å². The van der Waals surface area contributed by atoms with Gasteiger partial charge in [-0.15, -0.1) is 0 Å². The van der Waals surface area contributed by atoms with Gasteiger partial charge in [0, 0.05) is 17.8 Å². The molecule has 0 aliphatic carbocycles. The molecule has 27 heavy (non-hydrogen) atoms. The lowest BCUT2D eigenvalue weighted by Gasteiger charge is -2.33. The summed E-state index contributed by atoms with van der Waals surface area (Å²) in [4.78, 5) is 14.9. The van der Waals surface area contributed by atoms with Gasteiger partial charge in [-0.2, -0.15) is 5.10 Å². The molecule has 0 N–H and O–H groups in total. The first-order valence-electron chi connectivity index (χ1n) is 8.83. The molecule has 0 bridgehead atoms. The Morgan fingerprint density at radius 1 is 1.22 bits per heavy atom. The average molecular weight is 363 g/mol. The number of anilines is 1. The summed E-state index contributed by atoms with van der Waals surface area (Å²) in [6.07, 6.45) is 3.67. The molecule has 0 fully saturated rings. The summed E-state index contributed by atoms with van der Waals surface area (Å²) >= 11 is 0. The number of carbonyl (C=O) groups excluding carboxylic acids is 1. The van der Waals surface area contributed by atoms with Crippen molar-refractivity contribution in [1.29, 1.82) is 0 Å². The monoisotopic (exact) mass is 363 g/mol. The Morgan fingerprint density at radius 3 is 2.67 bits per heavy atom. The summed E-state index contributed by atoms with van der Waals surface area (Å²) in [6.45, 7) is 4.43. The van der Waals surface area contributed by atoms with Crippen LogP contribution in [-0.2, 0) is 0 Å². The molecule has 3 aromatic rings. The number of amides is 1. The number of hydrogen-bond donors (Lipinski definition) is 0. The number of aryl methyl sites for hydroxylation is 1. The Hall–Kier alpha value is -3.28. The lowest BCUT2D eigenvalue weighted by Crippen LogP contribution is -2.42. The Morgan fingerprint density at radius 2 is 2.00 bits per heavy atom. The van der Waals surface area contributed by atoms with E-state index < -0.39 is 0 Å². The Balaban J connectivity index is 1.65. The maximum absolute atomic E-state index is 13.2. The van der Waals surface area contributed by atoms with Crippen molar-refractivity contribution in [2.45, 2.75) is 20.0 Å². The minimum atomic E-state index is -0.0823. The molecule has 0 saturated carbocycles. The van der Waals surface area contributed by atoms with Gasteiger partial charge in [0.2, 0.25) is 0 Å². The van der Waals surface area contributed by atoms with Gasteiger partial charge in [0.1, 0.15) is 17.6 Å². The predicted octanol–water partition coefficient (Wildman–Crippen LogP) is 3.62. The topological polar surface area (TPSA) is 56.6 Å².